The van der Waals surface area contributed by atoms with E-state index in [-0.39, 0.29) is 5.91 Å². The fourth-order valence-electron chi connectivity index (χ4n) is 1.48. The van der Waals surface area contributed by atoms with Crippen LogP contribution in [0.5, 0.6) is 0 Å². The van der Waals surface area contributed by atoms with Gasteiger partial charge in [0.25, 0.3) is 0 Å². The van der Waals surface area contributed by atoms with E-state index in [2.05, 4.69) is 12.2 Å². The Balaban J connectivity index is 3.06. The Labute approximate surface area is 99.0 Å². The second-order valence-electron chi connectivity index (χ2n) is 4.03. The summed E-state index contributed by atoms with van der Waals surface area (Å²) in [6.45, 7) is 0.862. The van der Waals surface area contributed by atoms with E-state index in [0.29, 0.717) is 6.42 Å². The van der Waals surface area contributed by atoms with Crippen molar-refractivity contribution in [1.29, 1.82) is 0 Å². The van der Waals surface area contributed by atoms with Crippen molar-refractivity contribution in [2.24, 2.45) is 5.73 Å². The highest BCUT2D eigenvalue weighted by molar-refractivity contribution is 5.73. The normalized spacial score (nSPS) is 11.1. The highest BCUT2D eigenvalue weighted by Crippen LogP contribution is 2.04. The van der Waals surface area contributed by atoms with Crippen molar-refractivity contribution in [3.63, 3.8) is 0 Å². The van der Waals surface area contributed by atoms with Gasteiger partial charge < -0.3 is 10.5 Å². The minimum atomic E-state index is -0.186. The summed E-state index contributed by atoms with van der Waals surface area (Å²) in [5, 5.41) is 0. The van der Waals surface area contributed by atoms with Crippen LogP contribution in [-0.4, -0.2) is 19.6 Å². The average Bonchev–Trinajstić information content (AvgIpc) is 2.25. The molecule has 16 heavy (non-hydrogen) atoms. The zero-order valence-electron chi connectivity index (χ0n) is 10.4. The molecule has 0 spiro atoms. The molecule has 0 aromatic heterocycles. The predicted molar refractivity (Wildman–Crippen MR) is 67.1 cm³/mol. The molecular formula is C13H25NO2. The van der Waals surface area contributed by atoms with Gasteiger partial charge in [0.1, 0.15) is 0 Å². The van der Waals surface area contributed by atoms with Crippen LogP contribution >= 0.6 is 0 Å². The number of rotatable bonds is 11. The van der Waals surface area contributed by atoms with E-state index < -0.39 is 0 Å². The minimum absolute atomic E-state index is 0.186. The van der Waals surface area contributed by atoms with E-state index >= 15 is 0 Å². The van der Waals surface area contributed by atoms with Crippen LogP contribution in [0.25, 0.3) is 0 Å². The van der Waals surface area contributed by atoms with Crippen molar-refractivity contribution in [1.82, 2.24) is 0 Å². The van der Waals surface area contributed by atoms with Crippen LogP contribution in [-0.2, 0) is 9.53 Å². The van der Waals surface area contributed by atoms with Gasteiger partial charge in [-0.15, -0.1) is 0 Å². The number of primary amides is 1. The maximum absolute atomic E-state index is 10.5. The number of allylic oxidation sites excluding steroid dienone is 2. The van der Waals surface area contributed by atoms with Gasteiger partial charge in [0.05, 0.1) is 0 Å². The topological polar surface area (TPSA) is 52.3 Å². The number of hydrogen-bond donors (Lipinski definition) is 1. The lowest BCUT2D eigenvalue weighted by Gasteiger charge is -1.97. The number of carbonyl (C=O) groups excluding carboxylic acids is 1. The van der Waals surface area contributed by atoms with E-state index in [1.54, 1.807) is 7.11 Å². The molecule has 0 radical (unpaired) electrons. The van der Waals surface area contributed by atoms with E-state index in [4.69, 9.17) is 10.5 Å². The van der Waals surface area contributed by atoms with Crippen molar-refractivity contribution < 1.29 is 9.53 Å². The standard InChI is InChI=1S/C13H25NO2/c1-16-12-10-8-6-4-2-3-5-7-9-11-13(14)15/h2,4H,3,5-12H2,1H3,(H2,14,15)/b4-2-. The number of methoxy groups -OCH3 is 1. The molecule has 1 amide bonds. The van der Waals surface area contributed by atoms with Crippen molar-refractivity contribution in [2.75, 3.05) is 13.7 Å². The van der Waals surface area contributed by atoms with Crippen LogP contribution in [0.15, 0.2) is 12.2 Å². The molecule has 0 aliphatic rings. The highest BCUT2D eigenvalue weighted by Gasteiger charge is 1.93. The molecule has 3 nitrogen and oxygen atoms in total. The molecular weight excluding hydrogens is 202 g/mol. The molecule has 0 aromatic rings. The first-order valence-corrected chi connectivity index (χ1v) is 6.19. The Morgan fingerprint density at radius 2 is 1.69 bits per heavy atom. The summed E-state index contributed by atoms with van der Waals surface area (Å²) < 4.78 is 4.97. The summed E-state index contributed by atoms with van der Waals surface area (Å²) in [5.41, 5.74) is 5.05. The van der Waals surface area contributed by atoms with Gasteiger partial charge in [-0.2, -0.15) is 0 Å². The molecule has 0 saturated carbocycles. The first kappa shape index (κ1) is 15.2. The van der Waals surface area contributed by atoms with E-state index in [9.17, 15) is 4.79 Å². The third-order valence-corrected chi connectivity index (χ3v) is 2.43. The Kier molecular flexibility index (Phi) is 11.6. The smallest absolute Gasteiger partial charge is 0.217 e. The largest absolute Gasteiger partial charge is 0.385 e. The van der Waals surface area contributed by atoms with E-state index in [0.717, 1.165) is 45.1 Å². The summed E-state index contributed by atoms with van der Waals surface area (Å²) in [4.78, 5) is 10.5. The third-order valence-electron chi connectivity index (χ3n) is 2.43. The summed E-state index contributed by atoms with van der Waals surface area (Å²) in [7, 11) is 1.74. The minimum Gasteiger partial charge on any atom is -0.385 e. The molecule has 0 aliphatic heterocycles. The van der Waals surface area contributed by atoms with Gasteiger partial charge in [-0.1, -0.05) is 18.6 Å². The molecule has 3 heteroatoms. The molecule has 0 bridgehead atoms. The molecule has 0 atom stereocenters. The lowest BCUT2D eigenvalue weighted by Crippen LogP contribution is -2.09. The van der Waals surface area contributed by atoms with Crippen LogP contribution in [0.3, 0.4) is 0 Å². The Morgan fingerprint density at radius 3 is 2.25 bits per heavy atom. The van der Waals surface area contributed by atoms with Gasteiger partial charge >= 0.3 is 0 Å². The summed E-state index contributed by atoms with van der Waals surface area (Å²) in [5.74, 6) is -0.186. The number of carbonyl (C=O) groups is 1. The molecule has 0 aliphatic carbocycles. The third kappa shape index (κ3) is 13.2. The molecule has 0 fully saturated rings. The first-order chi connectivity index (χ1) is 7.77. The van der Waals surface area contributed by atoms with Gasteiger partial charge in [-0.05, 0) is 38.5 Å². The molecule has 2 N–H and O–H groups in total. The van der Waals surface area contributed by atoms with Crippen LogP contribution in [0.1, 0.15) is 51.4 Å². The fourth-order valence-corrected chi connectivity index (χ4v) is 1.48. The summed E-state index contributed by atoms with van der Waals surface area (Å²) >= 11 is 0. The lowest BCUT2D eigenvalue weighted by molar-refractivity contribution is -0.118. The van der Waals surface area contributed by atoms with E-state index in [1.165, 1.54) is 6.42 Å². The maximum atomic E-state index is 10.5. The number of unbranched alkanes of at least 4 members (excludes halogenated alkanes) is 5. The van der Waals surface area contributed by atoms with Gasteiger partial charge in [0.2, 0.25) is 5.91 Å². The van der Waals surface area contributed by atoms with Crippen molar-refractivity contribution in [2.45, 2.75) is 51.4 Å². The first-order valence-electron chi connectivity index (χ1n) is 6.19. The van der Waals surface area contributed by atoms with Gasteiger partial charge in [0.15, 0.2) is 0 Å². The summed E-state index contributed by atoms with van der Waals surface area (Å²) in [6, 6.07) is 0. The average molecular weight is 227 g/mol. The maximum Gasteiger partial charge on any atom is 0.217 e. The van der Waals surface area contributed by atoms with Crippen molar-refractivity contribution in [3.8, 4) is 0 Å². The number of ether oxygens (including phenoxy) is 1. The summed E-state index contributed by atoms with van der Waals surface area (Å²) in [6.07, 6.45) is 12.8. The number of nitrogens with two attached hydrogens (primary N) is 1. The van der Waals surface area contributed by atoms with E-state index in [1.807, 2.05) is 0 Å². The van der Waals surface area contributed by atoms with Gasteiger partial charge in [-0.25, -0.2) is 0 Å². The molecule has 0 heterocycles. The zero-order valence-corrected chi connectivity index (χ0v) is 10.4. The lowest BCUT2D eigenvalue weighted by atomic mass is 10.1. The Bertz CT molecular complexity index is 190. The van der Waals surface area contributed by atoms with Crippen LogP contribution in [0, 0.1) is 0 Å². The molecule has 0 saturated heterocycles. The fraction of sp³-hybridized carbons (Fsp3) is 0.769. The van der Waals surface area contributed by atoms with Crippen molar-refractivity contribution >= 4 is 5.91 Å². The monoisotopic (exact) mass is 227 g/mol. The van der Waals surface area contributed by atoms with Crippen molar-refractivity contribution in [3.05, 3.63) is 12.2 Å². The second kappa shape index (κ2) is 12.2. The molecule has 0 unspecified atom stereocenters. The van der Waals surface area contributed by atoms with Crippen LogP contribution in [0.2, 0.25) is 0 Å². The molecule has 94 valence electrons. The number of hydrogen-bond acceptors (Lipinski definition) is 2. The van der Waals surface area contributed by atoms with Crippen LogP contribution in [0.4, 0.5) is 0 Å². The van der Waals surface area contributed by atoms with Crippen LogP contribution < -0.4 is 5.73 Å². The molecule has 0 aromatic carbocycles. The Hall–Kier alpha value is -0.830. The predicted octanol–water partition coefficient (Wildman–Crippen LogP) is 2.80. The molecule has 0 rings (SSSR count). The van der Waals surface area contributed by atoms with Gasteiger partial charge in [0, 0.05) is 20.1 Å². The van der Waals surface area contributed by atoms with Gasteiger partial charge in [-0.3, -0.25) is 4.79 Å². The second-order valence-corrected chi connectivity index (χ2v) is 4.03. The SMILES string of the molecule is COCCCC/C=C\CCCCCC(N)=O. The Morgan fingerprint density at radius 1 is 1.06 bits per heavy atom. The zero-order chi connectivity index (χ0) is 12.1. The number of amides is 1. The quantitative estimate of drug-likeness (QED) is 0.436. The highest BCUT2D eigenvalue weighted by atomic mass is 16.5.